The number of aryl methyl sites for hydroxylation is 3. The predicted molar refractivity (Wildman–Crippen MR) is 132 cm³/mol. The summed E-state index contributed by atoms with van der Waals surface area (Å²) >= 11 is 0. The van der Waals surface area contributed by atoms with Crippen LogP contribution in [0.15, 0.2) is 84.3 Å². The minimum absolute atomic E-state index is 0.129. The van der Waals surface area contributed by atoms with Crippen LogP contribution in [0.4, 0.5) is 11.4 Å². The van der Waals surface area contributed by atoms with E-state index < -0.39 is 15.9 Å². The van der Waals surface area contributed by atoms with E-state index in [2.05, 4.69) is 11.9 Å². The highest BCUT2D eigenvalue weighted by molar-refractivity contribution is 7.92. The fraction of sp³-hybridized carbons (Fsp3) is 0.192. The van der Waals surface area contributed by atoms with Crippen molar-refractivity contribution in [3.63, 3.8) is 0 Å². The molecule has 0 bridgehead atoms. The first-order valence-corrected chi connectivity index (χ1v) is 11.9. The SMILES string of the molecule is C=CCOc1ccc(NC(=O)CN(c2ccc(C)cc2C)S(=O)(=O)c2ccc(C)cc2)cc1. The van der Waals surface area contributed by atoms with Gasteiger partial charge in [0, 0.05) is 5.69 Å². The van der Waals surface area contributed by atoms with Crippen LogP contribution in [0.2, 0.25) is 0 Å². The first-order chi connectivity index (χ1) is 15.7. The van der Waals surface area contributed by atoms with E-state index >= 15 is 0 Å². The topological polar surface area (TPSA) is 75.7 Å². The van der Waals surface area contributed by atoms with Gasteiger partial charge in [0.1, 0.15) is 18.9 Å². The minimum Gasteiger partial charge on any atom is -0.490 e. The maximum absolute atomic E-state index is 13.5. The van der Waals surface area contributed by atoms with Crippen LogP contribution in [-0.2, 0) is 14.8 Å². The molecule has 1 amide bonds. The van der Waals surface area contributed by atoms with E-state index in [1.54, 1.807) is 60.7 Å². The number of hydrogen-bond acceptors (Lipinski definition) is 4. The van der Waals surface area contributed by atoms with E-state index in [0.29, 0.717) is 23.7 Å². The third-order valence-corrected chi connectivity index (χ3v) is 6.80. The van der Waals surface area contributed by atoms with Crippen LogP contribution in [0, 0.1) is 20.8 Å². The molecule has 0 saturated carbocycles. The van der Waals surface area contributed by atoms with Gasteiger partial charge in [-0.1, -0.05) is 48.0 Å². The fourth-order valence-electron chi connectivity index (χ4n) is 3.34. The number of carbonyl (C=O) groups excluding carboxylic acids is 1. The lowest BCUT2D eigenvalue weighted by Gasteiger charge is -2.26. The van der Waals surface area contributed by atoms with Gasteiger partial charge in [-0.15, -0.1) is 0 Å². The van der Waals surface area contributed by atoms with E-state index in [1.165, 1.54) is 0 Å². The fourth-order valence-corrected chi connectivity index (χ4v) is 4.83. The largest absolute Gasteiger partial charge is 0.490 e. The zero-order valence-corrected chi connectivity index (χ0v) is 19.9. The number of nitrogens with zero attached hydrogens (tertiary/aromatic N) is 1. The number of sulfonamides is 1. The molecule has 3 rings (SSSR count). The van der Waals surface area contributed by atoms with Crippen LogP contribution in [0.25, 0.3) is 0 Å². The van der Waals surface area contributed by atoms with Crippen LogP contribution < -0.4 is 14.4 Å². The summed E-state index contributed by atoms with van der Waals surface area (Å²) in [5, 5.41) is 2.77. The van der Waals surface area contributed by atoms with Crippen LogP contribution in [0.1, 0.15) is 16.7 Å². The molecule has 172 valence electrons. The van der Waals surface area contributed by atoms with Gasteiger partial charge >= 0.3 is 0 Å². The summed E-state index contributed by atoms with van der Waals surface area (Å²) in [5.74, 6) is 0.192. The van der Waals surface area contributed by atoms with Crippen LogP contribution >= 0.6 is 0 Å². The highest BCUT2D eigenvalue weighted by Crippen LogP contribution is 2.28. The van der Waals surface area contributed by atoms with Crippen molar-refractivity contribution >= 4 is 27.3 Å². The van der Waals surface area contributed by atoms with E-state index in [-0.39, 0.29) is 11.4 Å². The average Bonchev–Trinajstić information content (AvgIpc) is 2.78. The van der Waals surface area contributed by atoms with Crippen molar-refractivity contribution in [3.8, 4) is 5.75 Å². The smallest absolute Gasteiger partial charge is 0.264 e. The number of rotatable bonds is 9. The summed E-state index contributed by atoms with van der Waals surface area (Å²) in [7, 11) is -3.97. The molecule has 7 heteroatoms. The molecule has 0 aliphatic carbocycles. The van der Waals surface area contributed by atoms with Crippen molar-refractivity contribution < 1.29 is 17.9 Å². The number of benzene rings is 3. The zero-order valence-electron chi connectivity index (χ0n) is 19.0. The first kappa shape index (κ1) is 24.1. The minimum atomic E-state index is -3.97. The lowest BCUT2D eigenvalue weighted by atomic mass is 10.1. The van der Waals surface area contributed by atoms with Crippen LogP contribution in [0.3, 0.4) is 0 Å². The van der Waals surface area contributed by atoms with E-state index in [9.17, 15) is 13.2 Å². The molecule has 1 N–H and O–H groups in total. The monoisotopic (exact) mass is 464 g/mol. The summed E-state index contributed by atoms with van der Waals surface area (Å²) in [6, 6.07) is 18.9. The van der Waals surface area contributed by atoms with Crippen molar-refractivity contribution in [3.05, 3.63) is 96.1 Å². The van der Waals surface area contributed by atoms with Gasteiger partial charge in [0.05, 0.1) is 10.6 Å². The standard InChI is InChI=1S/C26H28N2O4S/c1-5-16-32-23-11-9-22(10-12-23)27-26(29)18-28(25-15-8-20(3)17-21(25)4)33(30,31)24-13-6-19(2)7-14-24/h5-15,17H,1,16,18H2,2-4H3,(H,27,29). The summed E-state index contributed by atoms with van der Waals surface area (Å²) in [5.41, 5.74) is 3.73. The Balaban J connectivity index is 1.88. The number of amides is 1. The summed E-state index contributed by atoms with van der Waals surface area (Å²) in [4.78, 5) is 13.0. The van der Waals surface area contributed by atoms with Gasteiger partial charge in [-0.05, 0) is 68.8 Å². The lowest BCUT2D eigenvalue weighted by Crippen LogP contribution is -2.38. The molecule has 3 aromatic carbocycles. The Hall–Kier alpha value is -3.58. The highest BCUT2D eigenvalue weighted by Gasteiger charge is 2.28. The maximum atomic E-state index is 13.5. The van der Waals surface area contributed by atoms with Gasteiger partial charge < -0.3 is 10.1 Å². The third kappa shape index (κ3) is 6.02. The van der Waals surface area contributed by atoms with E-state index in [1.807, 2.05) is 32.9 Å². The molecule has 0 aliphatic heterocycles. The van der Waals surface area contributed by atoms with Crippen molar-refractivity contribution in [1.82, 2.24) is 0 Å². The number of hydrogen-bond donors (Lipinski definition) is 1. The molecule has 0 radical (unpaired) electrons. The molecule has 0 unspecified atom stereocenters. The molecule has 0 saturated heterocycles. The van der Waals surface area contributed by atoms with E-state index in [0.717, 1.165) is 21.0 Å². The second-order valence-corrected chi connectivity index (χ2v) is 9.65. The van der Waals surface area contributed by atoms with Crippen molar-refractivity contribution in [2.75, 3.05) is 22.8 Å². The lowest BCUT2D eigenvalue weighted by molar-refractivity contribution is -0.114. The summed E-state index contributed by atoms with van der Waals surface area (Å²) in [6.07, 6.45) is 1.64. The van der Waals surface area contributed by atoms with Crippen molar-refractivity contribution in [2.45, 2.75) is 25.7 Å². The molecule has 0 heterocycles. The van der Waals surface area contributed by atoms with Gasteiger partial charge in [0.25, 0.3) is 10.0 Å². The highest BCUT2D eigenvalue weighted by atomic mass is 32.2. The summed E-state index contributed by atoms with van der Waals surface area (Å²) in [6.45, 7) is 9.28. The molecule has 0 spiro atoms. The molecule has 0 fully saturated rings. The van der Waals surface area contributed by atoms with Crippen molar-refractivity contribution in [1.29, 1.82) is 0 Å². The maximum Gasteiger partial charge on any atom is 0.264 e. The Kier molecular flexibility index (Phi) is 7.55. The molecule has 0 atom stereocenters. The quantitative estimate of drug-likeness (QED) is 0.452. The Labute approximate surface area is 195 Å². The summed E-state index contributed by atoms with van der Waals surface area (Å²) < 4.78 is 33.7. The zero-order chi connectivity index (χ0) is 24.0. The molecule has 3 aromatic rings. The molecule has 33 heavy (non-hydrogen) atoms. The molecular weight excluding hydrogens is 436 g/mol. The van der Waals surface area contributed by atoms with Crippen LogP contribution in [-0.4, -0.2) is 27.5 Å². The van der Waals surface area contributed by atoms with Crippen molar-refractivity contribution in [2.24, 2.45) is 0 Å². The first-order valence-electron chi connectivity index (χ1n) is 10.5. The number of carbonyl (C=O) groups is 1. The Morgan fingerprint density at radius 3 is 2.21 bits per heavy atom. The number of nitrogens with one attached hydrogen (secondary N) is 1. The Morgan fingerprint density at radius 1 is 0.970 bits per heavy atom. The third-order valence-electron chi connectivity index (χ3n) is 5.02. The average molecular weight is 465 g/mol. The number of ether oxygens (including phenoxy) is 1. The second-order valence-electron chi connectivity index (χ2n) is 7.79. The van der Waals surface area contributed by atoms with Gasteiger partial charge in [0.15, 0.2) is 0 Å². The van der Waals surface area contributed by atoms with Crippen LogP contribution in [0.5, 0.6) is 5.75 Å². The second kappa shape index (κ2) is 10.4. The Bertz CT molecular complexity index is 1230. The normalized spacial score (nSPS) is 11.0. The molecule has 6 nitrogen and oxygen atoms in total. The number of anilines is 2. The van der Waals surface area contributed by atoms with E-state index in [4.69, 9.17) is 4.74 Å². The predicted octanol–water partition coefficient (Wildman–Crippen LogP) is 5.01. The Morgan fingerprint density at radius 2 is 1.61 bits per heavy atom. The van der Waals surface area contributed by atoms with Gasteiger partial charge in [-0.25, -0.2) is 8.42 Å². The molecule has 0 aliphatic rings. The van der Waals surface area contributed by atoms with Gasteiger partial charge in [-0.2, -0.15) is 0 Å². The molecular formula is C26H28N2O4S. The van der Waals surface area contributed by atoms with Gasteiger partial charge in [-0.3, -0.25) is 9.10 Å². The van der Waals surface area contributed by atoms with Gasteiger partial charge in [0.2, 0.25) is 5.91 Å². The molecule has 0 aromatic heterocycles.